The molecule has 0 amide bonds. The van der Waals surface area contributed by atoms with Crippen molar-refractivity contribution in [1.29, 1.82) is 0 Å². The van der Waals surface area contributed by atoms with Gasteiger partial charge in [-0.1, -0.05) is 244 Å². The first kappa shape index (κ1) is 60.7. The molecule has 0 saturated carbocycles. The zero-order valence-electron chi connectivity index (χ0n) is 50.4. The Balaban J connectivity index is 1.13. The van der Waals surface area contributed by atoms with Crippen molar-refractivity contribution in [3.63, 3.8) is 0 Å². The quantitative estimate of drug-likeness (QED) is 0.0954. The maximum absolute atomic E-state index is 7.36. The molecule has 84 heavy (non-hydrogen) atoms. The van der Waals surface area contributed by atoms with Crippen LogP contribution in [0.4, 0.5) is 0 Å². The maximum atomic E-state index is 7.36. The summed E-state index contributed by atoms with van der Waals surface area (Å²) in [6, 6.07) is 78.5. The molecular weight excluding hydrogens is 1090 g/mol. The van der Waals surface area contributed by atoms with Gasteiger partial charge in [0.15, 0.2) is 0 Å². The SMILES string of the molecule is CC(C)(C)c1cc2c(OCP(c3ccccc3)c3ccccc3)c(c1)COCc1cc(C(C)(C)C)cc(c1OCP(c1ccccc1)c1ccccc1)COCc1cc(C(C)(C)C)cc(c1OCP(c1ccccc1)c1ccccc1)COC2. The normalized spacial score (nSPS) is 13.6. The lowest BCUT2D eigenvalue weighted by molar-refractivity contribution is 0.0918. The highest BCUT2D eigenvalue weighted by Gasteiger charge is 2.28. The zero-order valence-corrected chi connectivity index (χ0v) is 53.1. The van der Waals surface area contributed by atoms with Gasteiger partial charge < -0.3 is 28.4 Å². The lowest BCUT2D eigenvalue weighted by Crippen LogP contribution is -2.19. The molecule has 0 spiro atoms. The van der Waals surface area contributed by atoms with E-state index in [-0.39, 0.29) is 16.2 Å². The van der Waals surface area contributed by atoms with Crippen LogP contribution < -0.4 is 46.0 Å². The second kappa shape index (κ2) is 27.7. The molecule has 0 atom stereocenters. The van der Waals surface area contributed by atoms with Crippen molar-refractivity contribution >= 4 is 55.6 Å². The lowest BCUT2D eigenvalue weighted by atomic mass is 9.84. The predicted octanol–water partition coefficient (Wildman–Crippen LogP) is 16.5. The van der Waals surface area contributed by atoms with Gasteiger partial charge in [0.2, 0.25) is 0 Å². The van der Waals surface area contributed by atoms with Crippen molar-refractivity contribution in [1.82, 2.24) is 0 Å². The van der Waals surface area contributed by atoms with E-state index in [1.807, 2.05) is 0 Å². The molecule has 0 fully saturated rings. The summed E-state index contributed by atoms with van der Waals surface area (Å²) in [4.78, 5) is 0. The van der Waals surface area contributed by atoms with E-state index in [9.17, 15) is 0 Å². The average molecular weight is 1170 g/mol. The van der Waals surface area contributed by atoms with E-state index in [2.05, 4.69) is 281 Å². The summed E-state index contributed by atoms with van der Waals surface area (Å²) in [5, 5.41) is 7.51. The fourth-order valence-corrected chi connectivity index (χ4v) is 16.3. The standard InChI is InChI=1S/C75H81O6P3/c1-73(2,3)61-40-55-46-76-48-57-42-62(74(4,5)6)44-59(71(57)80-53-83(66-32-20-12-21-33-66)67-34-22-13-23-35-67)50-78-51-60-45-63(75(7,8)9)43-58(72(60)81-54-84(68-36-24-14-25-37-68)69-38-26-15-27-39-69)49-77-47-56(41-61)70(55)79-52-82(64-28-16-10-17-29-64)65-30-18-11-19-31-65/h10-45H,46-54H2,1-9H3. The summed E-state index contributed by atoms with van der Waals surface area (Å²) in [6.45, 7) is 22.2. The van der Waals surface area contributed by atoms with Crippen molar-refractivity contribution < 1.29 is 28.4 Å². The third-order valence-corrected chi connectivity index (χ3v) is 22.0. The van der Waals surface area contributed by atoms with Gasteiger partial charge in [-0.15, -0.1) is 0 Å². The zero-order chi connectivity index (χ0) is 58.7. The van der Waals surface area contributed by atoms with Crippen LogP contribution in [0.25, 0.3) is 0 Å². The van der Waals surface area contributed by atoms with Crippen molar-refractivity contribution in [2.24, 2.45) is 0 Å². The van der Waals surface area contributed by atoms with Gasteiger partial charge in [0, 0.05) is 33.4 Å². The first-order valence-electron chi connectivity index (χ1n) is 29.3. The fraction of sp³-hybridized carbons (Fsp3) is 0.280. The van der Waals surface area contributed by atoms with Crippen LogP contribution in [0.3, 0.4) is 0 Å². The molecule has 0 aromatic heterocycles. The third-order valence-electron chi connectivity index (χ3n) is 15.3. The molecule has 9 heteroatoms. The second-order valence-corrected chi connectivity index (χ2v) is 31.2. The Hall–Kier alpha value is -6.45. The van der Waals surface area contributed by atoms with Crippen LogP contribution in [0.1, 0.15) is 112 Å². The molecule has 0 N–H and O–H groups in total. The Kier molecular flexibility index (Phi) is 20.0. The molecule has 1 aliphatic heterocycles. The number of rotatable bonds is 15. The van der Waals surface area contributed by atoms with Gasteiger partial charge in [-0.05, 0) is 125 Å². The van der Waals surface area contributed by atoms with Gasteiger partial charge >= 0.3 is 0 Å². The minimum Gasteiger partial charge on any atom is -0.488 e. The van der Waals surface area contributed by atoms with Crippen molar-refractivity contribution in [3.8, 4) is 17.2 Å². The Morgan fingerprint density at radius 3 is 0.595 bits per heavy atom. The molecule has 10 rings (SSSR count). The molecule has 0 radical (unpaired) electrons. The number of hydrogen-bond acceptors (Lipinski definition) is 6. The van der Waals surface area contributed by atoms with Crippen LogP contribution in [0.5, 0.6) is 17.2 Å². The van der Waals surface area contributed by atoms with Gasteiger partial charge in [-0.2, -0.15) is 0 Å². The predicted molar refractivity (Wildman–Crippen MR) is 355 cm³/mol. The molecule has 6 bridgehead atoms. The Morgan fingerprint density at radius 1 is 0.274 bits per heavy atom. The summed E-state index contributed by atoms with van der Waals surface area (Å²) >= 11 is 0. The van der Waals surface area contributed by atoms with E-state index < -0.39 is 23.8 Å². The topological polar surface area (TPSA) is 55.4 Å². The molecule has 6 nitrogen and oxygen atoms in total. The number of benzene rings is 9. The first-order valence-corrected chi connectivity index (χ1v) is 33.9. The van der Waals surface area contributed by atoms with Gasteiger partial charge in [0.05, 0.1) is 39.6 Å². The van der Waals surface area contributed by atoms with E-state index in [4.69, 9.17) is 28.4 Å². The van der Waals surface area contributed by atoms with Crippen LogP contribution in [-0.4, -0.2) is 19.0 Å². The Bertz CT molecular complexity index is 2970. The highest BCUT2D eigenvalue weighted by Crippen LogP contribution is 2.43. The molecule has 0 aliphatic carbocycles. The monoisotopic (exact) mass is 1170 g/mol. The molecule has 0 unspecified atom stereocenters. The molecule has 1 aliphatic rings. The first-order chi connectivity index (χ1) is 40.6. The van der Waals surface area contributed by atoms with Crippen LogP contribution in [0.2, 0.25) is 0 Å². The van der Waals surface area contributed by atoms with E-state index in [0.717, 1.165) is 50.6 Å². The van der Waals surface area contributed by atoms with Crippen LogP contribution in [0.15, 0.2) is 218 Å². The highest BCUT2D eigenvalue weighted by molar-refractivity contribution is 7.73. The van der Waals surface area contributed by atoms with Gasteiger partial charge in [-0.25, -0.2) is 0 Å². The number of fused-ring (bicyclic) bond motifs is 6. The van der Waals surface area contributed by atoms with E-state index in [0.29, 0.717) is 58.7 Å². The maximum Gasteiger partial charge on any atom is 0.130 e. The molecule has 0 saturated heterocycles. The summed E-state index contributed by atoms with van der Waals surface area (Å²) in [6.07, 6.45) is 1.42. The van der Waals surface area contributed by atoms with E-state index in [1.54, 1.807) is 0 Å². The number of ether oxygens (including phenoxy) is 6. The minimum absolute atomic E-state index is 0.195. The van der Waals surface area contributed by atoms with Crippen molar-refractivity contribution in [2.45, 2.75) is 118 Å². The summed E-state index contributed by atoms with van der Waals surface area (Å²) in [5.74, 6) is 2.39. The summed E-state index contributed by atoms with van der Waals surface area (Å²) < 4.78 is 43.3. The van der Waals surface area contributed by atoms with Crippen LogP contribution in [-0.2, 0) is 70.1 Å². The molecule has 1 heterocycles. The smallest absolute Gasteiger partial charge is 0.130 e. The molecule has 9 aromatic carbocycles. The molecule has 432 valence electrons. The second-order valence-electron chi connectivity index (χ2n) is 24.7. The van der Waals surface area contributed by atoms with E-state index in [1.165, 1.54) is 48.5 Å². The van der Waals surface area contributed by atoms with Crippen LogP contribution >= 0.6 is 23.8 Å². The average Bonchev–Trinajstić information content (AvgIpc) is 3.62. The third kappa shape index (κ3) is 15.5. The van der Waals surface area contributed by atoms with Gasteiger partial charge in [0.1, 0.15) is 36.3 Å². The Labute approximate surface area is 504 Å². The largest absolute Gasteiger partial charge is 0.488 e. The van der Waals surface area contributed by atoms with Gasteiger partial charge in [0.25, 0.3) is 0 Å². The van der Waals surface area contributed by atoms with Gasteiger partial charge in [-0.3, -0.25) is 0 Å². The Morgan fingerprint density at radius 2 is 0.440 bits per heavy atom. The molecule has 9 aromatic rings. The fourth-order valence-electron chi connectivity index (χ4n) is 10.5. The van der Waals surface area contributed by atoms with Crippen molar-refractivity contribution in [3.05, 3.63) is 268 Å². The van der Waals surface area contributed by atoms with E-state index >= 15 is 0 Å². The number of hydrogen-bond donors (Lipinski definition) is 0. The summed E-state index contributed by atoms with van der Waals surface area (Å²) in [7, 11) is -2.71. The highest BCUT2D eigenvalue weighted by atomic mass is 31.1. The molecular formula is C75H81O6P3. The van der Waals surface area contributed by atoms with Crippen LogP contribution in [0, 0.1) is 0 Å². The lowest BCUT2D eigenvalue weighted by Gasteiger charge is -2.28. The minimum atomic E-state index is -0.902. The van der Waals surface area contributed by atoms with Crippen molar-refractivity contribution in [2.75, 3.05) is 19.0 Å². The summed E-state index contributed by atoms with van der Waals surface area (Å²) in [5.41, 5.74) is 8.81.